The van der Waals surface area contributed by atoms with E-state index in [-0.39, 0.29) is 5.92 Å². The van der Waals surface area contributed by atoms with Crippen LogP contribution >= 0.6 is 0 Å². The van der Waals surface area contributed by atoms with E-state index in [2.05, 4.69) is 16.6 Å². The molecule has 0 spiro atoms. The Labute approximate surface area is 123 Å². The van der Waals surface area contributed by atoms with Crippen molar-refractivity contribution in [2.45, 2.75) is 45.9 Å². The van der Waals surface area contributed by atoms with Gasteiger partial charge in [-0.05, 0) is 63.4 Å². The van der Waals surface area contributed by atoms with Gasteiger partial charge in [-0.25, -0.2) is 4.39 Å². The van der Waals surface area contributed by atoms with Gasteiger partial charge in [-0.1, -0.05) is 13.8 Å². The molecule has 0 aromatic heterocycles. The fourth-order valence-electron chi connectivity index (χ4n) is 2.47. The van der Waals surface area contributed by atoms with Gasteiger partial charge >= 0.3 is 6.36 Å². The number of hydrogen-bond acceptors (Lipinski definition) is 2. The van der Waals surface area contributed by atoms with Crippen LogP contribution in [0, 0.1) is 5.92 Å². The molecule has 6 heteroatoms. The van der Waals surface area contributed by atoms with E-state index in [1.54, 1.807) is 0 Å². The van der Waals surface area contributed by atoms with Gasteiger partial charge in [0.1, 0.15) is 0 Å². The molecule has 0 aromatic rings. The number of halogens is 4. The molecule has 0 aromatic carbocycles. The zero-order valence-corrected chi connectivity index (χ0v) is 12.8. The van der Waals surface area contributed by atoms with Gasteiger partial charge in [0, 0.05) is 0 Å². The van der Waals surface area contributed by atoms with Crippen LogP contribution in [0.4, 0.5) is 17.6 Å². The van der Waals surface area contributed by atoms with E-state index in [1.165, 1.54) is 6.08 Å². The summed E-state index contributed by atoms with van der Waals surface area (Å²) in [4.78, 5) is 2.14. The van der Waals surface area contributed by atoms with Gasteiger partial charge in [0.05, 0.1) is 0 Å². The van der Waals surface area contributed by atoms with Gasteiger partial charge in [-0.3, -0.25) is 0 Å². The minimum absolute atomic E-state index is 0.0927. The third kappa shape index (κ3) is 6.08. The number of ether oxygens (including phenoxy) is 1. The topological polar surface area (TPSA) is 12.5 Å². The molecule has 0 aliphatic heterocycles. The Morgan fingerprint density at radius 2 is 2.00 bits per heavy atom. The molecule has 1 unspecified atom stereocenters. The molecule has 0 amide bonds. The van der Waals surface area contributed by atoms with Crippen molar-refractivity contribution >= 4 is 0 Å². The van der Waals surface area contributed by atoms with Crippen molar-refractivity contribution in [1.82, 2.24) is 4.90 Å². The first-order chi connectivity index (χ1) is 9.74. The Kier molecular flexibility index (Phi) is 6.71. The molecule has 0 saturated heterocycles. The third-order valence-corrected chi connectivity index (χ3v) is 3.61. The third-order valence-electron chi connectivity index (χ3n) is 3.61. The second-order valence-corrected chi connectivity index (χ2v) is 5.49. The van der Waals surface area contributed by atoms with E-state index >= 15 is 0 Å². The van der Waals surface area contributed by atoms with E-state index in [0.29, 0.717) is 18.4 Å². The first-order valence-corrected chi connectivity index (χ1v) is 7.28. The molecule has 1 atom stereocenters. The summed E-state index contributed by atoms with van der Waals surface area (Å²) in [6, 6.07) is 0. The smallest absolute Gasteiger partial charge is 0.403 e. The monoisotopic (exact) mass is 309 g/mol. The molecule has 0 saturated carbocycles. The van der Waals surface area contributed by atoms with Gasteiger partial charge in [0.15, 0.2) is 11.6 Å². The predicted molar refractivity (Wildman–Crippen MR) is 74.2 cm³/mol. The summed E-state index contributed by atoms with van der Waals surface area (Å²) in [5.74, 6) is -1.62. The van der Waals surface area contributed by atoms with Crippen molar-refractivity contribution in [1.29, 1.82) is 0 Å². The SMILES string of the molecule is CCCN(C)CCC(C)C1=C(F)C(OC(F)(F)F)=CCC1. The highest BCUT2D eigenvalue weighted by Crippen LogP contribution is 2.36. The van der Waals surface area contributed by atoms with Gasteiger partial charge in [-0.15, -0.1) is 13.2 Å². The van der Waals surface area contributed by atoms with Crippen LogP contribution in [0.15, 0.2) is 23.2 Å². The first-order valence-electron chi connectivity index (χ1n) is 7.28. The lowest BCUT2D eigenvalue weighted by Crippen LogP contribution is -2.23. The highest BCUT2D eigenvalue weighted by Gasteiger charge is 2.35. The quantitative estimate of drug-likeness (QED) is 0.627. The molecule has 1 aliphatic carbocycles. The van der Waals surface area contributed by atoms with Crippen LogP contribution in [-0.4, -0.2) is 31.4 Å². The molecule has 0 radical (unpaired) electrons. The van der Waals surface area contributed by atoms with E-state index in [1.807, 2.05) is 14.0 Å². The fraction of sp³-hybridized carbons (Fsp3) is 0.733. The Hall–Kier alpha value is -1.04. The van der Waals surface area contributed by atoms with Crippen molar-refractivity contribution in [2.24, 2.45) is 5.92 Å². The average molecular weight is 309 g/mol. The standard InChI is InChI=1S/C15H23F4NO/c1-4-9-20(3)10-8-11(2)12-6-5-7-13(14(12)16)21-15(17,18)19/h7,11H,4-6,8-10H2,1-3H3. The van der Waals surface area contributed by atoms with Crippen LogP contribution in [0.2, 0.25) is 0 Å². The summed E-state index contributed by atoms with van der Waals surface area (Å²) in [5, 5.41) is 0. The zero-order chi connectivity index (χ0) is 16.0. The molecule has 0 heterocycles. The number of allylic oxidation sites excluding steroid dienone is 3. The molecule has 21 heavy (non-hydrogen) atoms. The first kappa shape index (κ1) is 18.0. The van der Waals surface area contributed by atoms with E-state index < -0.39 is 17.9 Å². The fourth-order valence-corrected chi connectivity index (χ4v) is 2.47. The second kappa shape index (κ2) is 7.82. The van der Waals surface area contributed by atoms with Crippen LogP contribution < -0.4 is 0 Å². The van der Waals surface area contributed by atoms with Crippen molar-refractivity contribution in [3.8, 4) is 0 Å². The Morgan fingerprint density at radius 3 is 2.57 bits per heavy atom. The summed E-state index contributed by atoms with van der Waals surface area (Å²) < 4.78 is 54.6. The maximum atomic E-state index is 14.1. The molecule has 122 valence electrons. The molecule has 0 fully saturated rings. The van der Waals surface area contributed by atoms with Crippen LogP contribution in [0.3, 0.4) is 0 Å². The lowest BCUT2D eigenvalue weighted by atomic mass is 9.89. The van der Waals surface area contributed by atoms with E-state index in [0.717, 1.165) is 25.9 Å². The Morgan fingerprint density at radius 1 is 1.33 bits per heavy atom. The minimum atomic E-state index is -4.85. The molecule has 0 N–H and O–H groups in total. The molecular weight excluding hydrogens is 286 g/mol. The summed E-state index contributed by atoms with van der Waals surface area (Å²) >= 11 is 0. The number of alkyl halides is 3. The summed E-state index contributed by atoms with van der Waals surface area (Å²) in [5.41, 5.74) is 0.432. The number of rotatable bonds is 7. The highest BCUT2D eigenvalue weighted by atomic mass is 19.4. The molecule has 2 nitrogen and oxygen atoms in total. The van der Waals surface area contributed by atoms with Crippen molar-refractivity contribution in [2.75, 3.05) is 20.1 Å². The molecule has 0 bridgehead atoms. The molecular formula is C15H23F4NO. The zero-order valence-electron chi connectivity index (χ0n) is 12.8. The predicted octanol–water partition coefficient (Wildman–Crippen LogP) is 4.79. The lowest BCUT2D eigenvalue weighted by Gasteiger charge is -2.24. The van der Waals surface area contributed by atoms with E-state index in [4.69, 9.17) is 0 Å². The summed E-state index contributed by atoms with van der Waals surface area (Å²) in [7, 11) is 1.99. The van der Waals surface area contributed by atoms with Crippen LogP contribution in [0.25, 0.3) is 0 Å². The van der Waals surface area contributed by atoms with Crippen LogP contribution in [0.1, 0.15) is 39.5 Å². The second-order valence-electron chi connectivity index (χ2n) is 5.49. The number of hydrogen-bond donors (Lipinski definition) is 0. The van der Waals surface area contributed by atoms with Gasteiger partial charge in [0.25, 0.3) is 0 Å². The van der Waals surface area contributed by atoms with Crippen LogP contribution in [0.5, 0.6) is 0 Å². The van der Waals surface area contributed by atoms with Crippen molar-refractivity contribution < 1.29 is 22.3 Å². The molecule has 1 aliphatic rings. The summed E-state index contributed by atoms with van der Waals surface area (Å²) in [6.45, 7) is 5.68. The van der Waals surface area contributed by atoms with Crippen LogP contribution in [-0.2, 0) is 4.74 Å². The lowest BCUT2D eigenvalue weighted by molar-refractivity contribution is -0.305. The van der Waals surface area contributed by atoms with E-state index in [9.17, 15) is 17.6 Å². The van der Waals surface area contributed by atoms with Gasteiger partial charge < -0.3 is 9.64 Å². The van der Waals surface area contributed by atoms with Gasteiger partial charge in [0.2, 0.25) is 0 Å². The van der Waals surface area contributed by atoms with Crippen molar-refractivity contribution in [3.05, 3.63) is 23.2 Å². The highest BCUT2D eigenvalue weighted by molar-refractivity contribution is 5.31. The number of nitrogens with zero attached hydrogens (tertiary/aromatic N) is 1. The molecule has 1 rings (SSSR count). The summed E-state index contributed by atoms with van der Waals surface area (Å²) in [6.07, 6.45) is -1.09. The maximum Gasteiger partial charge on any atom is 0.573 e. The Balaban J connectivity index is 2.67. The normalized spacial score (nSPS) is 18.0. The largest absolute Gasteiger partial charge is 0.573 e. The van der Waals surface area contributed by atoms with Crippen molar-refractivity contribution in [3.63, 3.8) is 0 Å². The average Bonchev–Trinajstić information content (AvgIpc) is 2.37. The maximum absolute atomic E-state index is 14.1. The van der Waals surface area contributed by atoms with Gasteiger partial charge in [-0.2, -0.15) is 0 Å². The minimum Gasteiger partial charge on any atom is -0.403 e. The Bertz CT molecular complexity index is 401.